The normalized spacial score (nSPS) is 13.6. The Morgan fingerprint density at radius 1 is 1.16 bits per heavy atom. The van der Waals surface area contributed by atoms with E-state index in [4.69, 9.17) is 4.98 Å². The number of carbonyl (C=O) groups excluding carboxylic acids is 1. The molecule has 1 aliphatic rings. The Morgan fingerprint density at radius 2 is 1.97 bits per heavy atom. The van der Waals surface area contributed by atoms with Gasteiger partial charge in [-0.05, 0) is 56.1 Å². The molecule has 3 heterocycles. The van der Waals surface area contributed by atoms with Crippen LogP contribution in [0, 0.1) is 13.8 Å². The first kappa shape index (κ1) is 22.9. The molecule has 1 amide bonds. The second kappa shape index (κ2) is 9.32. The van der Waals surface area contributed by atoms with E-state index < -0.39 is 0 Å². The van der Waals surface area contributed by atoms with Crippen LogP contribution in [0.15, 0.2) is 42.5 Å². The van der Waals surface area contributed by atoms with E-state index in [0.29, 0.717) is 6.42 Å². The number of carbonyl (C=O) groups is 1. The quantitative estimate of drug-likeness (QED) is 0.374. The highest BCUT2D eigenvalue weighted by molar-refractivity contribution is 7.22. The summed E-state index contributed by atoms with van der Waals surface area (Å²) in [5, 5.41) is 5.19. The third-order valence-electron chi connectivity index (χ3n) is 5.86. The minimum Gasteiger partial charge on any atom is -0.317 e. The summed E-state index contributed by atoms with van der Waals surface area (Å²) >= 11 is 3.42. The lowest BCUT2D eigenvalue weighted by molar-refractivity contribution is -0.115. The number of halogens is 1. The number of rotatable bonds is 4. The number of thiophene rings is 1. The summed E-state index contributed by atoms with van der Waals surface area (Å²) in [6.45, 7) is 6.10. The molecule has 32 heavy (non-hydrogen) atoms. The fourth-order valence-corrected chi connectivity index (χ4v) is 6.67. The highest BCUT2D eigenvalue weighted by Gasteiger charge is 2.26. The predicted octanol–water partition coefficient (Wildman–Crippen LogP) is 6.23. The monoisotopic (exact) mass is 483 g/mol. The van der Waals surface area contributed by atoms with Crippen molar-refractivity contribution in [2.75, 3.05) is 18.9 Å². The number of fused-ring (bicyclic) bond motifs is 2. The van der Waals surface area contributed by atoms with E-state index in [-0.39, 0.29) is 18.3 Å². The summed E-state index contributed by atoms with van der Waals surface area (Å²) in [4.78, 5) is 21.6. The molecule has 2 aromatic heterocycles. The van der Waals surface area contributed by atoms with Crippen molar-refractivity contribution < 1.29 is 4.79 Å². The van der Waals surface area contributed by atoms with E-state index in [2.05, 4.69) is 67.5 Å². The maximum atomic E-state index is 13.0. The SMILES string of the molecule is Cc1ccc(CC(=O)Nc2sc3c(c2-c2nc4ccccc4s2)CCN(C)C3)c(C)c1.Cl. The van der Waals surface area contributed by atoms with Gasteiger partial charge >= 0.3 is 0 Å². The number of hydrogen-bond acceptors (Lipinski definition) is 5. The highest BCUT2D eigenvalue weighted by Crippen LogP contribution is 2.45. The van der Waals surface area contributed by atoms with Gasteiger partial charge in [0.25, 0.3) is 0 Å². The van der Waals surface area contributed by atoms with Crippen molar-refractivity contribution in [2.45, 2.75) is 33.2 Å². The topological polar surface area (TPSA) is 45.2 Å². The zero-order valence-electron chi connectivity index (χ0n) is 18.4. The van der Waals surface area contributed by atoms with Gasteiger partial charge in [-0.3, -0.25) is 4.79 Å². The molecular formula is C25H26ClN3OS2. The summed E-state index contributed by atoms with van der Waals surface area (Å²) in [5.41, 5.74) is 6.95. The average molecular weight is 484 g/mol. The molecule has 4 nitrogen and oxygen atoms in total. The number of aryl methyl sites for hydroxylation is 2. The molecular weight excluding hydrogens is 458 g/mol. The molecule has 5 rings (SSSR count). The van der Waals surface area contributed by atoms with Crippen LogP contribution in [0.5, 0.6) is 0 Å². The number of nitrogens with one attached hydrogen (secondary N) is 1. The van der Waals surface area contributed by atoms with Crippen LogP contribution < -0.4 is 5.32 Å². The lowest BCUT2D eigenvalue weighted by Crippen LogP contribution is -2.25. The van der Waals surface area contributed by atoms with Gasteiger partial charge in [-0.1, -0.05) is 35.9 Å². The first-order chi connectivity index (χ1) is 15.0. The second-order valence-electron chi connectivity index (χ2n) is 8.34. The minimum atomic E-state index is 0. The van der Waals surface area contributed by atoms with Crippen molar-refractivity contribution in [3.8, 4) is 10.6 Å². The Kier molecular flexibility index (Phi) is 6.67. The number of amides is 1. The van der Waals surface area contributed by atoms with Crippen LogP contribution in [0.3, 0.4) is 0 Å². The highest BCUT2D eigenvalue weighted by atomic mass is 35.5. The summed E-state index contributed by atoms with van der Waals surface area (Å²) in [5.74, 6) is 0.0289. The van der Waals surface area contributed by atoms with Crippen molar-refractivity contribution in [3.05, 3.63) is 69.6 Å². The molecule has 0 saturated heterocycles. The van der Waals surface area contributed by atoms with Crippen molar-refractivity contribution in [1.82, 2.24) is 9.88 Å². The van der Waals surface area contributed by atoms with E-state index in [1.54, 1.807) is 22.7 Å². The maximum Gasteiger partial charge on any atom is 0.229 e. The maximum absolute atomic E-state index is 13.0. The fourth-order valence-electron chi connectivity index (χ4n) is 4.21. The zero-order chi connectivity index (χ0) is 21.5. The van der Waals surface area contributed by atoms with Crippen LogP contribution in [0.25, 0.3) is 20.8 Å². The van der Waals surface area contributed by atoms with E-state index in [1.807, 2.05) is 6.07 Å². The summed E-state index contributed by atoms with van der Waals surface area (Å²) in [6, 6.07) is 14.5. The van der Waals surface area contributed by atoms with Crippen LogP contribution >= 0.6 is 35.1 Å². The molecule has 0 atom stereocenters. The third kappa shape index (κ3) is 4.46. The first-order valence-electron chi connectivity index (χ1n) is 10.5. The molecule has 4 aromatic rings. The zero-order valence-corrected chi connectivity index (χ0v) is 20.8. The Labute approximate surface area is 202 Å². The van der Waals surface area contributed by atoms with Gasteiger partial charge in [0, 0.05) is 23.5 Å². The molecule has 0 saturated carbocycles. The number of benzene rings is 2. The van der Waals surface area contributed by atoms with Crippen molar-refractivity contribution in [1.29, 1.82) is 0 Å². The van der Waals surface area contributed by atoms with Gasteiger partial charge in [0.05, 0.1) is 16.6 Å². The van der Waals surface area contributed by atoms with E-state index >= 15 is 0 Å². The molecule has 1 aliphatic heterocycles. The molecule has 0 spiro atoms. The minimum absolute atomic E-state index is 0. The number of para-hydroxylation sites is 1. The van der Waals surface area contributed by atoms with Gasteiger partial charge in [0.15, 0.2) is 0 Å². The molecule has 2 aromatic carbocycles. The smallest absolute Gasteiger partial charge is 0.229 e. The average Bonchev–Trinajstić information content (AvgIpc) is 3.30. The molecule has 0 radical (unpaired) electrons. The van der Waals surface area contributed by atoms with Gasteiger partial charge < -0.3 is 10.2 Å². The van der Waals surface area contributed by atoms with Crippen molar-refractivity contribution in [3.63, 3.8) is 0 Å². The lowest BCUT2D eigenvalue weighted by Gasteiger charge is -2.22. The third-order valence-corrected chi connectivity index (χ3v) is 8.04. The van der Waals surface area contributed by atoms with Gasteiger partial charge in [0.1, 0.15) is 10.0 Å². The molecule has 0 unspecified atom stereocenters. The number of likely N-dealkylation sites (N-methyl/N-ethyl adjacent to an activating group) is 1. The molecule has 0 bridgehead atoms. The van der Waals surface area contributed by atoms with Gasteiger partial charge in [-0.15, -0.1) is 35.1 Å². The molecule has 7 heteroatoms. The van der Waals surface area contributed by atoms with Crippen molar-refractivity contribution in [2.24, 2.45) is 0 Å². The van der Waals surface area contributed by atoms with Gasteiger partial charge in [-0.25, -0.2) is 4.98 Å². The fraction of sp³-hybridized carbons (Fsp3) is 0.280. The van der Waals surface area contributed by atoms with Gasteiger partial charge in [-0.2, -0.15) is 0 Å². The van der Waals surface area contributed by atoms with Crippen LogP contribution in [-0.4, -0.2) is 29.4 Å². The summed E-state index contributed by atoms with van der Waals surface area (Å²) in [7, 11) is 2.15. The van der Waals surface area contributed by atoms with E-state index in [9.17, 15) is 4.79 Å². The Bertz CT molecular complexity index is 1260. The molecule has 1 N–H and O–H groups in total. The van der Waals surface area contributed by atoms with E-state index in [1.165, 1.54) is 20.7 Å². The Morgan fingerprint density at radius 3 is 2.75 bits per heavy atom. The van der Waals surface area contributed by atoms with Crippen LogP contribution in [0.1, 0.15) is 27.1 Å². The summed E-state index contributed by atoms with van der Waals surface area (Å²) < 4.78 is 1.18. The molecule has 0 aliphatic carbocycles. The Balaban J connectivity index is 0.00000245. The largest absolute Gasteiger partial charge is 0.317 e. The van der Waals surface area contributed by atoms with Crippen LogP contribution in [0.2, 0.25) is 0 Å². The first-order valence-corrected chi connectivity index (χ1v) is 12.2. The van der Waals surface area contributed by atoms with E-state index in [0.717, 1.165) is 51.7 Å². The van der Waals surface area contributed by atoms with Gasteiger partial charge in [0.2, 0.25) is 5.91 Å². The Hall–Kier alpha value is -2.25. The number of aromatic nitrogens is 1. The number of nitrogens with zero attached hydrogens (tertiary/aromatic N) is 2. The molecule has 166 valence electrons. The number of anilines is 1. The molecule has 0 fully saturated rings. The standard InChI is InChI=1S/C25H25N3OS2.ClH/c1-15-8-9-17(16(2)12-15)13-22(29)27-25-23(18-10-11-28(3)14-21(18)31-25)24-26-19-6-4-5-7-20(19)30-24;/h4-9,12H,10-11,13-14H2,1-3H3,(H,27,29);1H. The number of hydrogen-bond donors (Lipinski definition) is 1. The second-order valence-corrected chi connectivity index (χ2v) is 10.5. The van der Waals surface area contributed by atoms with Crippen LogP contribution in [0.4, 0.5) is 5.00 Å². The number of thiazole rings is 1. The van der Waals surface area contributed by atoms with Crippen LogP contribution in [-0.2, 0) is 24.2 Å². The predicted molar refractivity (Wildman–Crippen MR) is 138 cm³/mol. The summed E-state index contributed by atoms with van der Waals surface area (Å²) in [6.07, 6.45) is 1.37. The lowest BCUT2D eigenvalue weighted by atomic mass is 10.0. The van der Waals surface area contributed by atoms with Crippen molar-refractivity contribution >= 4 is 56.2 Å².